The summed E-state index contributed by atoms with van der Waals surface area (Å²) in [6, 6.07) is 0. The fourth-order valence-electron chi connectivity index (χ4n) is 1.19. The van der Waals surface area contributed by atoms with Crippen LogP contribution in [0.5, 0.6) is 0 Å². The van der Waals surface area contributed by atoms with Gasteiger partial charge in [-0.1, -0.05) is 38.5 Å². The van der Waals surface area contributed by atoms with E-state index in [1.165, 1.54) is 38.5 Å². The maximum atomic E-state index is 9.43. The van der Waals surface area contributed by atoms with Crippen LogP contribution in [0.2, 0.25) is 0 Å². The van der Waals surface area contributed by atoms with Gasteiger partial charge in [-0.15, -0.1) is 0 Å². The molecule has 16 heavy (non-hydrogen) atoms. The van der Waals surface area contributed by atoms with Crippen LogP contribution in [0.25, 0.3) is 0 Å². The number of aliphatic carboxylic acids is 2. The van der Waals surface area contributed by atoms with Gasteiger partial charge in [-0.25, -0.2) is 0 Å². The van der Waals surface area contributed by atoms with Crippen LogP contribution in [-0.4, -0.2) is 22.2 Å². The van der Waals surface area contributed by atoms with Crippen LogP contribution in [0.15, 0.2) is 0 Å². The van der Waals surface area contributed by atoms with Gasteiger partial charge in [0.2, 0.25) is 0 Å². The maximum absolute atomic E-state index is 9.43. The summed E-state index contributed by atoms with van der Waals surface area (Å²) in [7, 11) is 0. The third-order valence-electron chi connectivity index (χ3n) is 1.80. The van der Waals surface area contributed by atoms with Gasteiger partial charge in [-0.3, -0.25) is 9.59 Å². The molecule has 0 bridgehead atoms. The number of carbonyl (C=O) groups is 2. The Morgan fingerprint density at radius 2 is 1.06 bits per heavy atom. The molecular formula is C10H20LiNaO4. The first-order valence-corrected chi connectivity index (χ1v) is 4.56. The molecule has 4 nitrogen and oxygen atoms in total. The molecule has 0 radical (unpaired) electrons. The van der Waals surface area contributed by atoms with Crippen molar-refractivity contribution in [3.8, 4) is 0 Å². The second kappa shape index (κ2) is 17.9. The van der Waals surface area contributed by atoms with Crippen molar-refractivity contribution in [2.45, 2.75) is 44.9 Å². The Bertz CT molecular complexity index is 154. The molecule has 1 fully saturated rings. The largest absolute Gasteiger partial charge is 1.00 e. The molecule has 1 aliphatic carbocycles. The summed E-state index contributed by atoms with van der Waals surface area (Å²) in [6.45, 7) is 0. The molecular weight excluding hydrogens is 214 g/mol. The zero-order valence-electron chi connectivity index (χ0n) is 11.7. The van der Waals surface area contributed by atoms with Gasteiger partial charge in [-0.05, 0) is 0 Å². The van der Waals surface area contributed by atoms with Gasteiger partial charge in [0, 0.05) is 0 Å². The molecule has 0 atom stereocenters. The van der Waals surface area contributed by atoms with Gasteiger partial charge in [0.1, 0.15) is 6.42 Å². The predicted molar refractivity (Wildman–Crippen MR) is 55.1 cm³/mol. The van der Waals surface area contributed by atoms with E-state index in [0.29, 0.717) is 0 Å². The normalized spacial score (nSPS) is 12.5. The molecule has 0 amide bonds. The van der Waals surface area contributed by atoms with Gasteiger partial charge < -0.3 is 19.1 Å². The van der Waals surface area contributed by atoms with Crippen molar-refractivity contribution in [1.82, 2.24) is 0 Å². The van der Waals surface area contributed by atoms with Crippen molar-refractivity contribution in [2.75, 3.05) is 0 Å². The summed E-state index contributed by atoms with van der Waals surface area (Å²) in [4.78, 5) is 18.9. The smallest absolute Gasteiger partial charge is 1.00 e. The van der Waals surface area contributed by atoms with Crippen molar-refractivity contribution in [1.29, 1.82) is 0 Å². The number of carboxylic acid groups (broad SMARTS) is 2. The third kappa shape index (κ3) is 24.0. The first-order chi connectivity index (χ1) is 6.13. The van der Waals surface area contributed by atoms with E-state index in [9.17, 15) is 9.59 Å². The molecule has 0 aromatic carbocycles. The van der Waals surface area contributed by atoms with E-state index in [0.717, 1.165) is 0 Å². The van der Waals surface area contributed by atoms with Gasteiger partial charge in [0.05, 0.1) is 0 Å². The summed E-state index contributed by atoms with van der Waals surface area (Å²) in [6.07, 6.45) is 8.19. The molecule has 0 saturated heterocycles. The van der Waals surface area contributed by atoms with Crippen LogP contribution in [-0.2, 0) is 9.59 Å². The topological polar surface area (TPSA) is 74.6 Å². The monoisotopic (exact) mass is 234 g/mol. The minimum absolute atomic E-state index is 0. The first kappa shape index (κ1) is 25.4. The van der Waals surface area contributed by atoms with Gasteiger partial charge in [0.25, 0.3) is 0 Å². The van der Waals surface area contributed by atoms with Gasteiger partial charge in [0.15, 0.2) is 0 Å². The van der Waals surface area contributed by atoms with Crippen molar-refractivity contribution in [2.24, 2.45) is 0 Å². The van der Waals surface area contributed by atoms with E-state index in [2.05, 4.69) is 0 Å². The van der Waals surface area contributed by atoms with Gasteiger partial charge >= 0.3 is 60.4 Å². The van der Waals surface area contributed by atoms with Crippen molar-refractivity contribution < 1.29 is 69.6 Å². The van der Waals surface area contributed by atoms with Crippen LogP contribution in [0.4, 0.5) is 0 Å². The van der Waals surface area contributed by atoms with E-state index in [1.54, 1.807) is 0 Å². The third-order valence-corrected chi connectivity index (χ3v) is 1.80. The fraction of sp³-hybridized carbons (Fsp3) is 0.700. The maximum Gasteiger partial charge on any atom is 1.00 e. The Labute approximate surface area is 133 Å². The average Bonchev–Trinajstić information content (AvgIpc) is 2.06. The quantitative estimate of drug-likeness (QED) is 0.295. The van der Waals surface area contributed by atoms with Crippen LogP contribution in [0, 0.1) is 7.43 Å². The Kier molecular flexibility index (Phi) is 28.4. The molecule has 0 unspecified atom stereocenters. The van der Waals surface area contributed by atoms with E-state index in [4.69, 9.17) is 10.2 Å². The Morgan fingerprint density at radius 1 is 0.875 bits per heavy atom. The fourth-order valence-corrected chi connectivity index (χ4v) is 1.19. The van der Waals surface area contributed by atoms with Crippen LogP contribution in [0.3, 0.4) is 0 Å². The molecule has 2 N–H and O–H groups in total. The molecule has 0 heterocycles. The molecule has 0 aliphatic heterocycles. The van der Waals surface area contributed by atoms with E-state index in [1.807, 2.05) is 0 Å². The molecule has 1 saturated carbocycles. The summed E-state index contributed by atoms with van der Waals surface area (Å²) < 4.78 is 0. The second-order valence-corrected chi connectivity index (χ2v) is 3.09. The SMILES string of the molecule is C1CCCCC1.O=C(O)CC(=O)O.[CH3-].[H-].[Li+].[Na+]. The first-order valence-electron chi connectivity index (χ1n) is 4.56. The molecule has 0 aromatic heterocycles. The molecule has 6 heteroatoms. The van der Waals surface area contributed by atoms with Crippen molar-refractivity contribution in [3.63, 3.8) is 0 Å². The Hall–Kier alpha value is 0.537. The van der Waals surface area contributed by atoms with Crippen LogP contribution >= 0.6 is 0 Å². The number of hydrogen-bond donors (Lipinski definition) is 2. The summed E-state index contributed by atoms with van der Waals surface area (Å²) in [5.41, 5.74) is 0. The summed E-state index contributed by atoms with van der Waals surface area (Å²) >= 11 is 0. The molecule has 0 spiro atoms. The van der Waals surface area contributed by atoms with E-state index in [-0.39, 0.29) is 57.3 Å². The zero-order chi connectivity index (χ0) is 10.1. The van der Waals surface area contributed by atoms with Gasteiger partial charge in [-0.2, -0.15) is 0 Å². The minimum atomic E-state index is -1.31. The standard InChI is InChI=1S/C6H12.C3H4O4.CH3.Li.Na.H/c1-2-4-6-5-3-1;4-2(5)1-3(6)7;;;;/h1-6H2;1H2,(H,4,5)(H,6,7);1H3;;;/q;;-1;2*+1;-1. The molecule has 86 valence electrons. The average molecular weight is 234 g/mol. The van der Waals surface area contributed by atoms with Crippen LogP contribution in [0.1, 0.15) is 46.4 Å². The van der Waals surface area contributed by atoms with Crippen molar-refractivity contribution in [3.05, 3.63) is 7.43 Å². The summed E-state index contributed by atoms with van der Waals surface area (Å²) in [5, 5.41) is 15.4. The Morgan fingerprint density at radius 3 is 1.12 bits per heavy atom. The second-order valence-electron chi connectivity index (χ2n) is 3.09. The summed E-state index contributed by atoms with van der Waals surface area (Å²) in [5.74, 6) is -2.62. The van der Waals surface area contributed by atoms with Crippen molar-refractivity contribution >= 4 is 11.9 Å². The molecule has 0 aromatic rings. The number of rotatable bonds is 2. The zero-order valence-corrected chi connectivity index (χ0v) is 12.7. The minimum Gasteiger partial charge on any atom is -1.00 e. The predicted octanol–water partition coefficient (Wildman–Crippen LogP) is -3.54. The van der Waals surface area contributed by atoms with Crippen LogP contribution < -0.4 is 48.4 Å². The molecule has 1 rings (SSSR count). The van der Waals surface area contributed by atoms with E-state index >= 15 is 0 Å². The number of carboxylic acids is 2. The molecule has 1 aliphatic rings. The van der Waals surface area contributed by atoms with E-state index < -0.39 is 18.4 Å². The Balaban J connectivity index is -0.0000000458. The number of hydrogen-bond acceptors (Lipinski definition) is 2.